The van der Waals surface area contributed by atoms with Crippen molar-refractivity contribution < 1.29 is 4.74 Å². The minimum atomic E-state index is 0.374. The van der Waals surface area contributed by atoms with E-state index in [0.29, 0.717) is 6.10 Å². The molecule has 0 radical (unpaired) electrons. The van der Waals surface area contributed by atoms with Gasteiger partial charge in [-0.05, 0) is 43.4 Å². The summed E-state index contributed by atoms with van der Waals surface area (Å²) in [6.07, 6.45) is 7.75. The highest BCUT2D eigenvalue weighted by atomic mass is 16.5. The lowest BCUT2D eigenvalue weighted by Crippen LogP contribution is -2.25. The lowest BCUT2D eigenvalue weighted by atomic mass is 9.89. The number of para-hydroxylation sites is 1. The van der Waals surface area contributed by atoms with Gasteiger partial charge in [-0.3, -0.25) is 0 Å². The minimum Gasteiger partial charge on any atom is -0.485 e. The third kappa shape index (κ3) is 1.24. The van der Waals surface area contributed by atoms with Crippen LogP contribution < -0.4 is 4.74 Å². The molecule has 1 saturated carbocycles. The summed E-state index contributed by atoms with van der Waals surface area (Å²) in [4.78, 5) is 0. The van der Waals surface area contributed by atoms with Crippen molar-refractivity contribution >= 4 is 6.08 Å². The average molecular weight is 186 g/mol. The maximum Gasteiger partial charge on any atom is 0.127 e. The van der Waals surface area contributed by atoms with Crippen LogP contribution in [0.2, 0.25) is 0 Å². The molecule has 0 bridgehead atoms. The molecule has 1 aliphatic heterocycles. The largest absolute Gasteiger partial charge is 0.485 e. The van der Waals surface area contributed by atoms with Crippen LogP contribution in [0.4, 0.5) is 0 Å². The Morgan fingerprint density at radius 1 is 1.14 bits per heavy atom. The monoisotopic (exact) mass is 186 g/mol. The predicted octanol–water partition coefficient (Wildman–Crippen LogP) is 3.41. The third-order valence-electron chi connectivity index (χ3n) is 3.12. The van der Waals surface area contributed by atoms with Gasteiger partial charge in [-0.2, -0.15) is 0 Å². The van der Waals surface area contributed by atoms with Crippen LogP contribution in [0.3, 0.4) is 0 Å². The molecule has 1 atom stereocenters. The van der Waals surface area contributed by atoms with Crippen molar-refractivity contribution in [3.05, 3.63) is 35.4 Å². The van der Waals surface area contributed by atoms with Crippen LogP contribution in [0.15, 0.2) is 29.8 Å². The predicted molar refractivity (Wildman–Crippen MR) is 57.3 cm³/mol. The highest BCUT2D eigenvalue weighted by molar-refractivity contribution is 5.63. The molecule has 1 heteroatoms. The first kappa shape index (κ1) is 8.10. The second-order valence-corrected chi connectivity index (χ2v) is 4.11. The summed E-state index contributed by atoms with van der Waals surface area (Å²) in [5.74, 6) is 1.06. The zero-order valence-corrected chi connectivity index (χ0v) is 8.20. The molecular weight excluding hydrogens is 172 g/mol. The topological polar surface area (TPSA) is 9.23 Å². The molecule has 1 nitrogen and oxygen atoms in total. The minimum absolute atomic E-state index is 0.374. The Balaban J connectivity index is 2.03. The second-order valence-electron chi connectivity index (χ2n) is 4.11. The molecule has 1 fully saturated rings. The van der Waals surface area contributed by atoms with E-state index in [0.717, 1.165) is 5.75 Å². The van der Waals surface area contributed by atoms with Gasteiger partial charge in [-0.25, -0.2) is 0 Å². The number of benzene rings is 1. The number of hydrogen-bond acceptors (Lipinski definition) is 1. The van der Waals surface area contributed by atoms with E-state index in [1.165, 1.54) is 36.8 Å². The number of rotatable bonds is 0. The molecule has 0 spiro atoms. The zero-order chi connectivity index (χ0) is 9.38. The first-order valence-corrected chi connectivity index (χ1v) is 5.40. The molecule has 0 N–H and O–H groups in total. The number of fused-ring (bicyclic) bond motifs is 2. The molecule has 1 aromatic carbocycles. The second kappa shape index (κ2) is 3.16. The summed E-state index contributed by atoms with van der Waals surface area (Å²) in [5, 5.41) is 0. The quantitative estimate of drug-likeness (QED) is 0.603. The molecule has 0 saturated heterocycles. The number of ether oxygens (including phenoxy) is 1. The molecule has 0 aromatic heterocycles. The smallest absolute Gasteiger partial charge is 0.127 e. The van der Waals surface area contributed by atoms with Crippen molar-refractivity contribution in [1.82, 2.24) is 0 Å². The SMILES string of the molecule is C1=C2CCCCC2Oc2ccccc21. The van der Waals surface area contributed by atoms with Gasteiger partial charge >= 0.3 is 0 Å². The molecular formula is C13H14O. The first-order chi connectivity index (χ1) is 6.93. The maximum atomic E-state index is 5.97. The molecule has 1 unspecified atom stereocenters. The highest BCUT2D eigenvalue weighted by Crippen LogP contribution is 2.35. The van der Waals surface area contributed by atoms with E-state index in [1.54, 1.807) is 0 Å². The Kier molecular flexibility index (Phi) is 1.83. The molecule has 1 aliphatic carbocycles. The third-order valence-corrected chi connectivity index (χ3v) is 3.12. The fourth-order valence-corrected chi connectivity index (χ4v) is 2.37. The van der Waals surface area contributed by atoms with Gasteiger partial charge in [0.05, 0.1) is 0 Å². The van der Waals surface area contributed by atoms with Gasteiger partial charge < -0.3 is 4.74 Å². The van der Waals surface area contributed by atoms with E-state index >= 15 is 0 Å². The van der Waals surface area contributed by atoms with Crippen LogP contribution in [-0.2, 0) is 0 Å². The molecule has 2 aliphatic rings. The lowest BCUT2D eigenvalue weighted by Gasteiger charge is -2.30. The summed E-state index contributed by atoms with van der Waals surface area (Å²) in [6.45, 7) is 0. The summed E-state index contributed by atoms with van der Waals surface area (Å²) in [7, 11) is 0. The van der Waals surface area contributed by atoms with E-state index in [1.807, 2.05) is 6.07 Å². The summed E-state index contributed by atoms with van der Waals surface area (Å²) in [5.41, 5.74) is 2.75. The van der Waals surface area contributed by atoms with Crippen LogP contribution in [0.25, 0.3) is 6.08 Å². The Hall–Kier alpha value is -1.24. The molecule has 0 amide bonds. The Bertz CT molecular complexity index is 379. The van der Waals surface area contributed by atoms with E-state index in [-0.39, 0.29) is 0 Å². The van der Waals surface area contributed by atoms with Gasteiger partial charge in [0.1, 0.15) is 11.9 Å². The van der Waals surface area contributed by atoms with Gasteiger partial charge in [-0.1, -0.05) is 18.2 Å². The zero-order valence-electron chi connectivity index (χ0n) is 8.20. The van der Waals surface area contributed by atoms with Crippen molar-refractivity contribution in [1.29, 1.82) is 0 Å². The fraction of sp³-hybridized carbons (Fsp3) is 0.385. The van der Waals surface area contributed by atoms with Crippen LogP contribution in [0.1, 0.15) is 31.2 Å². The standard InChI is InChI=1S/C13H14O/c1-3-7-12-10(5-1)9-11-6-2-4-8-13(11)14-12/h1,3,5,7,9,13H,2,4,6,8H2. The average Bonchev–Trinajstić information content (AvgIpc) is 2.26. The Morgan fingerprint density at radius 3 is 3.07 bits per heavy atom. The number of hydrogen-bond donors (Lipinski definition) is 0. The van der Waals surface area contributed by atoms with Crippen LogP contribution in [0.5, 0.6) is 5.75 Å². The lowest BCUT2D eigenvalue weighted by molar-refractivity contribution is 0.200. The van der Waals surface area contributed by atoms with Crippen molar-refractivity contribution in [2.75, 3.05) is 0 Å². The van der Waals surface area contributed by atoms with Gasteiger partial charge in [0.2, 0.25) is 0 Å². The molecule has 1 heterocycles. The fourth-order valence-electron chi connectivity index (χ4n) is 2.37. The first-order valence-electron chi connectivity index (χ1n) is 5.40. The van der Waals surface area contributed by atoms with Crippen LogP contribution >= 0.6 is 0 Å². The Morgan fingerprint density at radius 2 is 2.07 bits per heavy atom. The normalized spacial score (nSPS) is 24.3. The van der Waals surface area contributed by atoms with E-state index in [2.05, 4.69) is 24.3 Å². The molecule has 72 valence electrons. The van der Waals surface area contributed by atoms with Gasteiger partial charge in [0.15, 0.2) is 0 Å². The van der Waals surface area contributed by atoms with E-state index in [9.17, 15) is 0 Å². The maximum absolute atomic E-state index is 5.97. The van der Waals surface area contributed by atoms with E-state index in [4.69, 9.17) is 4.74 Å². The summed E-state index contributed by atoms with van der Waals surface area (Å²) >= 11 is 0. The van der Waals surface area contributed by atoms with Gasteiger partial charge in [-0.15, -0.1) is 0 Å². The molecule has 3 rings (SSSR count). The highest BCUT2D eigenvalue weighted by Gasteiger charge is 2.24. The summed E-state index contributed by atoms with van der Waals surface area (Å²) < 4.78 is 5.97. The molecule has 1 aromatic rings. The van der Waals surface area contributed by atoms with E-state index < -0.39 is 0 Å². The summed E-state index contributed by atoms with van der Waals surface area (Å²) in [6, 6.07) is 8.31. The Labute approximate surface area is 84.4 Å². The van der Waals surface area contributed by atoms with Crippen molar-refractivity contribution in [2.45, 2.75) is 31.8 Å². The van der Waals surface area contributed by atoms with Crippen molar-refractivity contribution in [3.8, 4) is 5.75 Å². The van der Waals surface area contributed by atoms with Crippen molar-refractivity contribution in [2.24, 2.45) is 0 Å². The van der Waals surface area contributed by atoms with Crippen molar-refractivity contribution in [3.63, 3.8) is 0 Å². The van der Waals surface area contributed by atoms with Gasteiger partial charge in [0.25, 0.3) is 0 Å². The van der Waals surface area contributed by atoms with Gasteiger partial charge in [0, 0.05) is 5.56 Å². The molecule has 14 heavy (non-hydrogen) atoms. The van der Waals surface area contributed by atoms with Crippen LogP contribution in [-0.4, -0.2) is 6.10 Å². The van der Waals surface area contributed by atoms with Crippen LogP contribution in [0, 0.1) is 0 Å².